The van der Waals surface area contributed by atoms with Crippen LogP contribution in [0.25, 0.3) is 0 Å². The molecule has 1 atom stereocenters. The molecule has 0 saturated carbocycles. The van der Waals surface area contributed by atoms with Gasteiger partial charge in [0.25, 0.3) is 0 Å². The molecule has 2 rings (SSSR count). The minimum atomic E-state index is -0.0888. The average molecular weight is 272 g/mol. The lowest BCUT2D eigenvalue weighted by atomic mass is 9.88. The van der Waals surface area contributed by atoms with Crippen LogP contribution in [-0.2, 0) is 12.0 Å². The van der Waals surface area contributed by atoms with Gasteiger partial charge in [0.05, 0.1) is 11.3 Å². The average Bonchev–Trinajstić information content (AvgIpc) is 2.85. The monoisotopic (exact) mass is 272 g/mol. The second kappa shape index (κ2) is 5.90. The summed E-state index contributed by atoms with van der Waals surface area (Å²) in [5, 5.41) is 12.7. The Bertz CT molecular complexity index is 510. The largest absolute Gasteiger partial charge is 0.316 e. The summed E-state index contributed by atoms with van der Waals surface area (Å²) in [4.78, 5) is 6.95. The Hall–Kier alpha value is -1.44. The third-order valence-corrected chi connectivity index (χ3v) is 3.86. The fraction of sp³-hybridized carbons (Fsp3) is 0.625. The molecule has 0 aromatic carbocycles. The van der Waals surface area contributed by atoms with E-state index in [1.54, 1.807) is 0 Å². The number of nitrogens with zero attached hydrogens (tertiary/aromatic N) is 3. The van der Waals surface area contributed by atoms with Crippen LogP contribution in [0.5, 0.6) is 0 Å². The van der Waals surface area contributed by atoms with E-state index in [1.165, 1.54) is 6.42 Å². The van der Waals surface area contributed by atoms with E-state index in [2.05, 4.69) is 42.0 Å². The lowest BCUT2D eigenvalue weighted by Gasteiger charge is -2.21. The molecule has 1 aromatic rings. The van der Waals surface area contributed by atoms with Gasteiger partial charge >= 0.3 is 0 Å². The molecule has 1 aromatic heterocycles. The van der Waals surface area contributed by atoms with E-state index in [0.717, 1.165) is 30.9 Å². The summed E-state index contributed by atoms with van der Waals surface area (Å²) in [5.74, 6) is 0. The van der Waals surface area contributed by atoms with Gasteiger partial charge in [0.15, 0.2) is 0 Å². The van der Waals surface area contributed by atoms with Crippen LogP contribution in [-0.4, -0.2) is 36.1 Å². The molecule has 1 fully saturated rings. The molecular weight excluding hydrogens is 248 g/mol. The fourth-order valence-corrected chi connectivity index (χ4v) is 2.75. The lowest BCUT2D eigenvalue weighted by Crippen LogP contribution is -2.29. The highest BCUT2D eigenvalue weighted by Crippen LogP contribution is 2.24. The summed E-state index contributed by atoms with van der Waals surface area (Å²) in [6, 6.07) is 4.88. The van der Waals surface area contributed by atoms with Gasteiger partial charge in [0.2, 0.25) is 0 Å². The van der Waals surface area contributed by atoms with E-state index in [9.17, 15) is 5.26 Å². The Morgan fingerprint density at radius 3 is 2.80 bits per heavy atom. The van der Waals surface area contributed by atoms with Gasteiger partial charge in [0.1, 0.15) is 6.07 Å². The highest BCUT2D eigenvalue weighted by Gasteiger charge is 2.23. The van der Waals surface area contributed by atoms with Crippen molar-refractivity contribution >= 4 is 0 Å². The van der Waals surface area contributed by atoms with Crippen molar-refractivity contribution in [1.29, 1.82) is 5.26 Å². The van der Waals surface area contributed by atoms with Crippen LogP contribution in [0.1, 0.15) is 44.0 Å². The zero-order valence-corrected chi connectivity index (χ0v) is 12.9. The zero-order chi connectivity index (χ0) is 14.8. The van der Waals surface area contributed by atoms with Gasteiger partial charge in [-0.05, 0) is 25.1 Å². The zero-order valence-electron chi connectivity index (χ0n) is 12.9. The predicted molar refractivity (Wildman–Crippen MR) is 80.4 cm³/mol. The van der Waals surface area contributed by atoms with Gasteiger partial charge in [-0.25, -0.2) is 0 Å². The Morgan fingerprint density at radius 1 is 1.50 bits per heavy atom. The molecule has 1 aliphatic rings. The van der Waals surface area contributed by atoms with Crippen molar-refractivity contribution < 1.29 is 0 Å². The van der Waals surface area contributed by atoms with Crippen LogP contribution < -0.4 is 5.32 Å². The first-order chi connectivity index (χ1) is 9.44. The van der Waals surface area contributed by atoms with Crippen molar-refractivity contribution in [3.05, 3.63) is 29.1 Å². The molecule has 2 heterocycles. The third-order valence-electron chi connectivity index (χ3n) is 3.86. The fourth-order valence-electron chi connectivity index (χ4n) is 2.75. The van der Waals surface area contributed by atoms with Crippen LogP contribution in [0.3, 0.4) is 0 Å². The first-order valence-corrected chi connectivity index (χ1v) is 7.23. The van der Waals surface area contributed by atoms with Gasteiger partial charge in [-0.15, -0.1) is 0 Å². The van der Waals surface area contributed by atoms with Crippen molar-refractivity contribution in [3.8, 4) is 6.07 Å². The summed E-state index contributed by atoms with van der Waals surface area (Å²) in [6.07, 6.45) is 3.11. The number of likely N-dealkylation sites (tertiary alicyclic amines) is 1. The van der Waals surface area contributed by atoms with Gasteiger partial charge in [-0.1, -0.05) is 20.8 Å². The number of likely N-dealkylation sites (N-methyl/N-ethyl adjacent to an activating group) is 1. The third kappa shape index (κ3) is 3.36. The molecule has 1 aliphatic heterocycles. The van der Waals surface area contributed by atoms with Gasteiger partial charge in [0, 0.05) is 37.3 Å². The number of hydrogen-bond acceptors (Lipinski definition) is 4. The second-order valence-electron chi connectivity index (χ2n) is 6.61. The molecule has 4 nitrogen and oxygen atoms in total. The van der Waals surface area contributed by atoms with E-state index in [4.69, 9.17) is 0 Å². The Balaban J connectivity index is 2.13. The summed E-state index contributed by atoms with van der Waals surface area (Å²) >= 11 is 0. The number of pyridine rings is 1. The normalized spacial score (nSPS) is 20.1. The van der Waals surface area contributed by atoms with E-state index in [0.29, 0.717) is 11.6 Å². The summed E-state index contributed by atoms with van der Waals surface area (Å²) in [7, 11) is 2.02. The molecule has 0 aliphatic carbocycles. The van der Waals surface area contributed by atoms with Crippen LogP contribution in [0.2, 0.25) is 0 Å². The summed E-state index contributed by atoms with van der Waals surface area (Å²) < 4.78 is 0. The molecule has 4 heteroatoms. The topological polar surface area (TPSA) is 52.0 Å². The maximum atomic E-state index is 9.33. The molecule has 108 valence electrons. The van der Waals surface area contributed by atoms with Crippen molar-refractivity contribution in [2.45, 2.75) is 45.2 Å². The van der Waals surface area contributed by atoms with E-state index < -0.39 is 0 Å². The van der Waals surface area contributed by atoms with Crippen LogP contribution in [0, 0.1) is 11.3 Å². The standard InChI is InChI=1S/C16H24N4/c1-16(2,3)15-13(8-17)7-12(9-19-15)10-20-6-5-14(11-20)18-4/h7,9,14,18H,5-6,10-11H2,1-4H3. The van der Waals surface area contributed by atoms with Crippen LogP contribution >= 0.6 is 0 Å². The molecular formula is C16H24N4. The van der Waals surface area contributed by atoms with Crippen molar-refractivity contribution in [1.82, 2.24) is 15.2 Å². The van der Waals surface area contributed by atoms with Crippen LogP contribution in [0.4, 0.5) is 0 Å². The Kier molecular flexibility index (Phi) is 4.42. The molecule has 20 heavy (non-hydrogen) atoms. The number of hydrogen-bond donors (Lipinski definition) is 1. The van der Waals surface area contributed by atoms with Gasteiger partial charge in [-0.2, -0.15) is 5.26 Å². The van der Waals surface area contributed by atoms with Crippen LogP contribution in [0.15, 0.2) is 12.3 Å². The Morgan fingerprint density at radius 2 is 2.25 bits per heavy atom. The maximum Gasteiger partial charge on any atom is 0.101 e. The second-order valence-corrected chi connectivity index (χ2v) is 6.61. The van der Waals surface area contributed by atoms with Crippen molar-refractivity contribution in [2.75, 3.05) is 20.1 Å². The smallest absolute Gasteiger partial charge is 0.101 e. The molecule has 1 unspecified atom stereocenters. The molecule has 0 bridgehead atoms. The van der Waals surface area contributed by atoms with Gasteiger partial charge < -0.3 is 5.32 Å². The number of rotatable bonds is 3. The number of aromatic nitrogens is 1. The quantitative estimate of drug-likeness (QED) is 0.915. The SMILES string of the molecule is CNC1CCN(Cc2cnc(C(C)(C)C)c(C#N)c2)C1. The molecule has 0 spiro atoms. The summed E-state index contributed by atoms with van der Waals surface area (Å²) in [6.45, 7) is 9.33. The minimum absolute atomic E-state index is 0.0888. The highest BCUT2D eigenvalue weighted by atomic mass is 15.2. The molecule has 0 radical (unpaired) electrons. The first kappa shape index (κ1) is 15.0. The van der Waals surface area contributed by atoms with Crippen molar-refractivity contribution in [3.63, 3.8) is 0 Å². The Labute approximate surface area is 121 Å². The van der Waals surface area contributed by atoms with E-state index in [-0.39, 0.29) is 5.41 Å². The lowest BCUT2D eigenvalue weighted by molar-refractivity contribution is 0.322. The molecule has 1 saturated heterocycles. The number of nitriles is 1. The van der Waals surface area contributed by atoms with E-state index >= 15 is 0 Å². The maximum absolute atomic E-state index is 9.33. The molecule has 0 amide bonds. The predicted octanol–water partition coefficient (Wildman–Crippen LogP) is 2.04. The summed E-state index contributed by atoms with van der Waals surface area (Å²) in [5.41, 5.74) is 2.64. The minimum Gasteiger partial charge on any atom is -0.316 e. The van der Waals surface area contributed by atoms with Gasteiger partial charge in [-0.3, -0.25) is 9.88 Å². The molecule has 1 N–H and O–H groups in total. The first-order valence-electron chi connectivity index (χ1n) is 7.23. The van der Waals surface area contributed by atoms with Crippen molar-refractivity contribution in [2.24, 2.45) is 0 Å². The number of nitrogens with one attached hydrogen (secondary N) is 1. The highest BCUT2D eigenvalue weighted by molar-refractivity contribution is 5.39. The van der Waals surface area contributed by atoms with E-state index in [1.807, 2.05) is 19.3 Å².